The normalized spacial score (nSPS) is 10.7. The van der Waals surface area contributed by atoms with Crippen LogP contribution in [0.5, 0.6) is 11.5 Å². The maximum atomic E-state index is 12.3. The Hall–Kier alpha value is -2.27. The minimum atomic E-state index is -0.404. The third-order valence-electron chi connectivity index (χ3n) is 3.38. The van der Waals surface area contributed by atoms with E-state index in [0.717, 1.165) is 21.2 Å². The number of halogens is 1. The van der Waals surface area contributed by atoms with Crippen molar-refractivity contribution in [3.63, 3.8) is 0 Å². The lowest BCUT2D eigenvalue weighted by Gasteiger charge is -2.07. The maximum Gasteiger partial charge on any atom is 0.344 e. The van der Waals surface area contributed by atoms with Crippen molar-refractivity contribution in [2.45, 2.75) is 0 Å². The van der Waals surface area contributed by atoms with E-state index in [1.165, 1.54) is 0 Å². The van der Waals surface area contributed by atoms with Gasteiger partial charge in [0.25, 0.3) is 0 Å². The minimum absolute atomic E-state index is 0.404. The highest BCUT2D eigenvalue weighted by Crippen LogP contribution is 2.31. The molecule has 3 aromatic rings. The highest BCUT2D eigenvalue weighted by molar-refractivity contribution is 9.10. The third-order valence-corrected chi connectivity index (χ3v) is 3.84. The number of hydrogen-bond acceptors (Lipinski definition) is 4. The monoisotopic (exact) mass is 360 g/mol. The topological polar surface area (TPSA) is 48.7 Å². The zero-order chi connectivity index (χ0) is 15.7. The van der Waals surface area contributed by atoms with Gasteiger partial charge in [-0.2, -0.15) is 0 Å². The lowest BCUT2D eigenvalue weighted by atomic mass is 10.1. The molecule has 3 rings (SSSR count). The van der Waals surface area contributed by atoms with Gasteiger partial charge in [-0.05, 0) is 35.9 Å². The average molecular weight is 361 g/mol. The number of hydrogen-bond donors (Lipinski definition) is 0. The SMILES string of the molecule is COc1ccc(-c2cc3cc(Br)cc(OC)c3oc2=O)cc1. The van der Waals surface area contributed by atoms with Crippen molar-refractivity contribution in [3.8, 4) is 22.6 Å². The first-order chi connectivity index (χ1) is 10.6. The van der Waals surface area contributed by atoms with E-state index in [4.69, 9.17) is 13.9 Å². The minimum Gasteiger partial charge on any atom is -0.497 e. The fourth-order valence-electron chi connectivity index (χ4n) is 2.29. The molecule has 0 spiro atoms. The Bertz CT molecular complexity index is 882. The summed E-state index contributed by atoms with van der Waals surface area (Å²) in [5.41, 5.74) is 1.30. The van der Waals surface area contributed by atoms with Crippen LogP contribution in [-0.4, -0.2) is 14.2 Å². The summed E-state index contributed by atoms with van der Waals surface area (Å²) in [7, 11) is 3.14. The first kappa shape index (κ1) is 14.7. The molecular weight excluding hydrogens is 348 g/mol. The van der Waals surface area contributed by atoms with Crippen molar-refractivity contribution in [3.05, 3.63) is 57.4 Å². The molecule has 0 saturated carbocycles. The van der Waals surface area contributed by atoms with Crippen molar-refractivity contribution in [2.24, 2.45) is 0 Å². The van der Waals surface area contributed by atoms with Crippen LogP contribution in [0.4, 0.5) is 0 Å². The van der Waals surface area contributed by atoms with Crippen LogP contribution in [0.15, 0.2) is 56.1 Å². The van der Waals surface area contributed by atoms with Gasteiger partial charge in [-0.15, -0.1) is 0 Å². The lowest BCUT2D eigenvalue weighted by molar-refractivity contribution is 0.406. The molecule has 0 aliphatic heterocycles. The maximum absolute atomic E-state index is 12.3. The van der Waals surface area contributed by atoms with Crippen LogP contribution in [0, 0.1) is 0 Å². The van der Waals surface area contributed by atoms with Gasteiger partial charge in [0.1, 0.15) is 5.75 Å². The van der Waals surface area contributed by atoms with Gasteiger partial charge in [0, 0.05) is 9.86 Å². The van der Waals surface area contributed by atoms with Crippen LogP contribution in [0.25, 0.3) is 22.1 Å². The first-order valence-corrected chi connectivity index (χ1v) is 7.37. The molecule has 0 radical (unpaired) electrons. The molecule has 4 nitrogen and oxygen atoms in total. The molecule has 22 heavy (non-hydrogen) atoms. The van der Waals surface area contributed by atoms with E-state index in [1.807, 2.05) is 18.2 Å². The fourth-order valence-corrected chi connectivity index (χ4v) is 2.75. The van der Waals surface area contributed by atoms with Gasteiger partial charge < -0.3 is 13.9 Å². The molecule has 2 aromatic carbocycles. The quantitative estimate of drug-likeness (QED) is 0.655. The van der Waals surface area contributed by atoms with Gasteiger partial charge in [-0.3, -0.25) is 0 Å². The summed E-state index contributed by atoms with van der Waals surface area (Å²) in [6.07, 6.45) is 0. The molecule has 112 valence electrons. The molecule has 0 unspecified atom stereocenters. The average Bonchev–Trinajstić information content (AvgIpc) is 2.54. The summed E-state index contributed by atoms with van der Waals surface area (Å²) in [4.78, 5) is 12.3. The number of benzene rings is 2. The highest BCUT2D eigenvalue weighted by atomic mass is 79.9. The summed E-state index contributed by atoms with van der Waals surface area (Å²) in [6.45, 7) is 0. The fraction of sp³-hybridized carbons (Fsp3) is 0.118. The lowest BCUT2D eigenvalue weighted by Crippen LogP contribution is -2.03. The van der Waals surface area contributed by atoms with Crippen LogP contribution in [0.2, 0.25) is 0 Å². The zero-order valence-corrected chi connectivity index (χ0v) is 13.6. The second-order valence-corrected chi connectivity index (χ2v) is 5.62. The molecule has 0 aliphatic rings. The van der Waals surface area contributed by atoms with E-state index in [-0.39, 0.29) is 0 Å². The molecule has 0 aliphatic carbocycles. The Balaban J connectivity index is 2.22. The second kappa shape index (κ2) is 5.85. The predicted octanol–water partition coefficient (Wildman–Crippen LogP) is 4.24. The molecule has 1 aromatic heterocycles. The van der Waals surface area contributed by atoms with Crippen molar-refractivity contribution in [2.75, 3.05) is 14.2 Å². The summed E-state index contributed by atoms with van der Waals surface area (Å²) in [6, 6.07) is 12.7. The number of fused-ring (bicyclic) bond motifs is 1. The molecule has 1 heterocycles. The Morgan fingerprint density at radius 2 is 1.73 bits per heavy atom. The van der Waals surface area contributed by atoms with E-state index in [0.29, 0.717) is 16.9 Å². The van der Waals surface area contributed by atoms with Gasteiger partial charge in [0.15, 0.2) is 11.3 Å². The van der Waals surface area contributed by atoms with Crippen LogP contribution in [-0.2, 0) is 0 Å². The highest BCUT2D eigenvalue weighted by Gasteiger charge is 2.12. The Morgan fingerprint density at radius 1 is 1.00 bits per heavy atom. The van der Waals surface area contributed by atoms with Crippen molar-refractivity contribution >= 4 is 26.9 Å². The number of rotatable bonds is 3. The molecule has 0 saturated heterocycles. The third kappa shape index (κ3) is 2.60. The van der Waals surface area contributed by atoms with Crippen molar-refractivity contribution in [1.29, 1.82) is 0 Å². The van der Waals surface area contributed by atoms with Gasteiger partial charge in [-0.1, -0.05) is 28.1 Å². The number of ether oxygens (including phenoxy) is 2. The van der Waals surface area contributed by atoms with Gasteiger partial charge >= 0.3 is 5.63 Å². The Morgan fingerprint density at radius 3 is 2.36 bits per heavy atom. The Labute approximate surface area is 135 Å². The molecule has 5 heteroatoms. The van der Waals surface area contributed by atoms with Crippen molar-refractivity contribution in [1.82, 2.24) is 0 Å². The van der Waals surface area contributed by atoms with E-state index in [2.05, 4.69) is 15.9 Å². The predicted molar refractivity (Wildman–Crippen MR) is 88.7 cm³/mol. The largest absolute Gasteiger partial charge is 0.497 e. The van der Waals surface area contributed by atoms with Crippen LogP contribution in [0.3, 0.4) is 0 Å². The van der Waals surface area contributed by atoms with E-state index in [1.54, 1.807) is 38.5 Å². The summed E-state index contributed by atoms with van der Waals surface area (Å²) >= 11 is 3.43. The number of methoxy groups -OCH3 is 2. The Kier molecular flexibility index (Phi) is 3.90. The van der Waals surface area contributed by atoms with Gasteiger partial charge in [0.05, 0.1) is 19.8 Å². The van der Waals surface area contributed by atoms with E-state index < -0.39 is 5.63 Å². The summed E-state index contributed by atoms with van der Waals surface area (Å²) in [5, 5.41) is 0.789. The summed E-state index contributed by atoms with van der Waals surface area (Å²) in [5.74, 6) is 1.25. The van der Waals surface area contributed by atoms with Crippen LogP contribution < -0.4 is 15.1 Å². The first-order valence-electron chi connectivity index (χ1n) is 6.58. The molecular formula is C17H13BrO4. The van der Waals surface area contributed by atoms with Crippen LogP contribution in [0.1, 0.15) is 0 Å². The van der Waals surface area contributed by atoms with E-state index >= 15 is 0 Å². The van der Waals surface area contributed by atoms with Crippen LogP contribution >= 0.6 is 15.9 Å². The summed E-state index contributed by atoms with van der Waals surface area (Å²) < 4.78 is 16.7. The molecule has 0 atom stereocenters. The molecule has 0 bridgehead atoms. The second-order valence-electron chi connectivity index (χ2n) is 4.70. The molecule has 0 N–H and O–H groups in total. The van der Waals surface area contributed by atoms with Gasteiger partial charge in [-0.25, -0.2) is 4.79 Å². The van der Waals surface area contributed by atoms with E-state index in [9.17, 15) is 4.79 Å². The zero-order valence-electron chi connectivity index (χ0n) is 12.1. The van der Waals surface area contributed by atoms with Gasteiger partial charge in [0.2, 0.25) is 0 Å². The molecule has 0 fully saturated rings. The van der Waals surface area contributed by atoms with Crippen molar-refractivity contribution < 1.29 is 13.9 Å². The smallest absolute Gasteiger partial charge is 0.344 e. The molecule has 0 amide bonds. The standard InChI is InChI=1S/C17H13BrO4/c1-20-13-5-3-10(4-6-13)14-8-11-7-12(18)9-15(21-2)16(11)22-17(14)19/h3-9H,1-2H3.